The largest absolute Gasteiger partial charge is 0.489 e. The molecule has 2 aromatic rings. The molecule has 0 fully saturated rings. The predicted molar refractivity (Wildman–Crippen MR) is 82.8 cm³/mol. The Morgan fingerprint density at radius 1 is 1.39 bits per heavy atom. The molecule has 0 radical (unpaired) electrons. The molecule has 1 aromatic heterocycles. The van der Waals surface area contributed by atoms with E-state index in [1.165, 1.54) is 16.8 Å². The van der Waals surface area contributed by atoms with Gasteiger partial charge in [0.05, 0.1) is 17.1 Å². The van der Waals surface area contributed by atoms with Crippen LogP contribution in [0.3, 0.4) is 0 Å². The van der Waals surface area contributed by atoms with E-state index in [9.17, 15) is 13.2 Å². The number of nitrogens with zero attached hydrogens (tertiary/aromatic N) is 4. The second kappa shape index (κ2) is 6.81. The molecule has 0 unspecified atom stereocenters. The number of rotatable bonds is 6. The van der Waals surface area contributed by atoms with Crippen molar-refractivity contribution in [2.24, 2.45) is 0 Å². The first-order valence-corrected chi connectivity index (χ1v) is 8.94. The zero-order chi connectivity index (χ0) is 17.2. The fourth-order valence-corrected chi connectivity index (χ4v) is 3.19. The Morgan fingerprint density at radius 3 is 2.61 bits per heavy atom. The van der Waals surface area contributed by atoms with E-state index in [4.69, 9.17) is 27.9 Å². The van der Waals surface area contributed by atoms with E-state index < -0.39 is 15.1 Å². The number of carbonyl (C=O) groups excluding carboxylic acids is 1. The van der Waals surface area contributed by atoms with Gasteiger partial charge in [-0.05, 0) is 41.1 Å². The van der Waals surface area contributed by atoms with Gasteiger partial charge in [0.1, 0.15) is 17.3 Å². The van der Waals surface area contributed by atoms with Gasteiger partial charge in [-0.15, -0.1) is 5.10 Å². The molecule has 0 atom stereocenters. The summed E-state index contributed by atoms with van der Waals surface area (Å²) in [6.07, 6.45) is 1.01. The highest BCUT2D eigenvalue weighted by atomic mass is 35.5. The smallest absolute Gasteiger partial charge is 0.254 e. The van der Waals surface area contributed by atoms with Crippen molar-refractivity contribution in [3.8, 4) is 5.75 Å². The molecule has 0 amide bonds. The molecule has 0 spiro atoms. The van der Waals surface area contributed by atoms with Crippen molar-refractivity contribution >= 4 is 38.3 Å². The number of ether oxygens (including phenoxy) is 1. The van der Waals surface area contributed by atoms with Gasteiger partial charge < -0.3 is 4.74 Å². The van der Waals surface area contributed by atoms with Crippen molar-refractivity contribution in [3.05, 3.63) is 28.5 Å². The Labute approximate surface area is 142 Å². The summed E-state index contributed by atoms with van der Waals surface area (Å²) in [4.78, 5) is 11.2. The molecule has 23 heavy (non-hydrogen) atoms. The number of aromatic nitrogens is 4. The Morgan fingerprint density at radius 2 is 2.09 bits per heavy atom. The van der Waals surface area contributed by atoms with Gasteiger partial charge in [-0.1, -0.05) is 11.6 Å². The van der Waals surface area contributed by atoms with Crippen LogP contribution in [0.2, 0.25) is 5.02 Å². The monoisotopic (exact) mass is 378 g/mol. The normalized spacial score (nSPS) is 11.5. The number of tetrazole rings is 1. The summed E-state index contributed by atoms with van der Waals surface area (Å²) in [6, 6.07) is 2.47. The highest BCUT2D eigenvalue weighted by Gasteiger charge is 2.22. The molecular weight excluding hydrogens is 367 g/mol. The fraction of sp³-hybridized carbons (Fsp3) is 0.333. The topological polar surface area (TPSA) is 104 Å². The molecule has 124 valence electrons. The molecule has 0 N–H and O–H groups in total. The average Bonchev–Trinajstić information content (AvgIpc) is 2.84. The molecule has 0 aliphatic carbocycles. The van der Waals surface area contributed by atoms with E-state index >= 15 is 0 Å². The third kappa shape index (κ3) is 3.98. The maximum Gasteiger partial charge on any atom is 0.254 e. The fourth-order valence-electron chi connectivity index (χ4n) is 1.81. The van der Waals surface area contributed by atoms with Gasteiger partial charge in [0.25, 0.3) is 5.24 Å². The van der Waals surface area contributed by atoms with Gasteiger partial charge in [0.2, 0.25) is 0 Å². The quantitative estimate of drug-likeness (QED) is 0.701. The van der Waals surface area contributed by atoms with Crippen LogP contribution in [-0.4, -0.2) is 46.7 Å². The van der Waals surface area contributed by atoms with Crippen molar-refractivity contribution in [1.29, 1.82) is 0 Å². The van der Waals surface area contributed by atoms with Crippen LogP contribution in [0, 0.1) is 6.92 Å². The second-order valence-corrected chi connectivity index (χ2v) is 7.30. The summed E-state index contributed by atoms with van der Waals surface area (Å²) in [6.45, 7) is 2.03. The van der Waals surface area contributed by atoms with E-state index in [-0.39, 0.29) is 34.4 Å². The minimum atomic E-state index is -3.60. The van der Waals surface area contributed by atoms with Crippen LogP contribution in [0.25, 0.3) is 0 Å². The molecule has 8 nitrogen and oxygen atoms in total. The minimum Gasteiger partial charge on any atom is -0.489 e. The highest BCUT2D eigenvalue weighted by Crippen LogP contribution is 2.35. The van der Waals surface area contributed by atoms with Gasteiger partial charge >= 0.3 is 0 Å². The van der Waals surface area contributed by atoms with Crippen molar-refractivity contribution in [1.82, 2.24) is 20.2 Å². The van der Waals surface area contributed by atoms with Crippen LogP contribution < -0.4 is 4.74 Å². The van der Waals surface area contributed by atoms with Gasteiger partial charge in [-0.25, -0.2) is 13.1 Å². The molecular formula is C12H12Cl2N4O4S. The lowest BCUT2D eigenvalue weighted by molar-refractivity contribution is 0.108. The summed E-state index contributed by atoms with van der Waals surface area (Å²) in [5.41, 5.74) is -0.0330. The SMILES string of the molecule is Cc1nnnn1CCOc1c(S(C)(=O)=O)ccc(C(=O)Cl)c1Cl. The number of carbonyl (C=O) groups is 1. The number of hydrogen-bond donors (Lipinski definition) is 0. The van der Waals surface area contributed by atoms with Crippen LogP contribution >= 0.6 is 23.2 Å². The number of hydrogen-bond acceptors (Lipinski definition) is 7. The van der Waals surface area contributed by atoms with Gasteiger partial charge in [-0.2, -0.15) is 0 Å². The van der Waals surface area contributed by atoms with Crippen LogP contribution in [0.5, 0.6) is 5.75 Å². The lowest BCUT2D eigenvalue weighted by Crippen LogP contribution is -2.13. The number of halogens is 2. The summed E-state index contributed by atoms with van der Waals surface area (Å²) in [7, 11) is -3.60. The maximum absolute atomic E-state index is 11.8. The van der Waals surface area contributed by atoms with Crippen molar-refractivity contribution in [3.63, 3.8) is 0 Å². The average molecular weight is 379 g/mol. The maximum atomic E-state index is 11.8. The molecule has 0 aliphatic heterocycles. The summed E-state index contributed by atoms with van der Waals surface area (Å²) >= 11 is 11.5. The lowest BCUT2D eigenvalue weighted by atomic mass is 10.2. The first kappa shape index (κ1) is 17.6. The molecule has 11 heteroatoms. The zero-order valence-corrected chi connectivity index (χ0v) is 14.5. The van der Waals surface area contributed by atoms with E-state index in [1.807, 2.05) is 0 Å². The van der Waals surface area contributed by atoms with Crippen LogP contribution in [0.15, 0.2) is 17.0 Å². The van der Waals surface area contributed by atoms with E-state index in [0.717, 1.165) is 6.26 Å². The lowest BCUT2D eigenvalue weighted by Gasteiger charge is -2.14. The predicted octanol–water partition coefficient (Wildman–Crippen LogP) is 1.50. The third-order valence-electron chi connectivity index (χ3n) is 2.93. The van der Waals surface area contributed by atoms with Gasteiger partial charge in [0.15, 0.2) is 15.6 Å². The second-order valence-electron chi connectivity index (χ2n) is 4.60. The third-order valence-corrected chi connectivity index (χ3v) is 4.63. The highest BCUT2D eigenvalue weighted by molar-refractivity contribution is 7.90. The first-order chi connectivity index (χ1) is 10.7. The number of sulfone groups is 1. The number of aryl methyl sites for hydroxylation is 1. The standard InChI is InChI=1S/C12H12Cl2N4O4S/c1-7-15-16-17-18(7)5-6-22-11-9(23(2,20)21)4-3-8(10(11)13)12(14)19/h3-4H,5-6H2,1-2H3. The molecule has 0 saturated heterocycles. The number of benzene rings is 1. The zero-order valence-electron chi connectivity index (χ0n) is 12.2. The van der Waals surface area contributed by atoms with Gasteiger partial charge in [-0.3, -0.25) is 4.79 Å². The Bertz CT molecular complexity index is 851. The first-order valence-electron chi connectivity index (χ1n) is 6.29. The van der Waals surface area contributed by atoms with E-state index in [0.29, 0.717) is 5.82 Å². The molecule has 2 rings (SSSR count). The molecule has 0 bridgehead atoms. The summed E-state index contributed by atoms with van der Waals surface area (Å²) in [5, 5.41) is 9.97. The van der Waals surface area contributed by atoms with Crippen molar-refractivity contribution in [2.75, 3.05) is 12.9 Å². The van der Waals surface area contributed by atoms with Gasteiger partial charge in [0, 0.05) is 6.26 Å². The minimum absolute atomic E-state index is 0.0330. The van der Waals surface area contributed by atoms with Crippen LogP contribution in [0.4, 0.5) is 0 Å². The Balaban J connectivity index is 2.32. The summed E-state index contributed by atoms with van der Waals surface area (Å²) in [5.74, 6) is 0.458. The van der Waals surface area contributed by atoms with E-state index in [1.54, 1.807) is 6.92 Å². The molecule has 0 aliphatic rings. The van der Waals surface area contributed by atoms with Crippen LogP contribution in [0.1, 0.15) is 16.2 Å². The van der Waals surface area contributed by atoms with Crippen LogP contribution in [-0.2, 0) is 16.4 Å². The van der Waals surface area contributed by atoms with E-state index in [2.05, 4.69) is 15.5 Å². The summed E-state index contributed by atoms with van der Waals surface area (Å²) < 4.78 is 30.6. The molecule has 1 aromatic carbocycles. The Hall–Kier alpha value is -1.71. The molecule has 1 heterocycles. The van der Waals surface area contributed by atoms with Crippen molar-refractivity contribution < 1.29 is 17.9 Å². The van der Waals surface area contributed by atoms with Crippen molar-refractivity contribution in [2.45, 2.75) is 18.4 Å². The molecule has 0 saturated carbocycles. The Kier molecular flexibility index (Phi) is 5.23.